The monoisotopic (exact) mass is 393 g/mol. The van der Waals surface area contributed by atoms with Gasteiger partial charge < -0.3 is 0 Å². The fourth-order valence-electron chi connectivity index (χ4n) is 3.50. The summed E-state index contributed by atoms with van der Waals surface area (Å²) in [5, 5.41) is 2.24. The molecule has 1 heterocycles. The van der Waals surface area contributed by atoms with Crippen LogP contribution < -0.4 is 0 Å². The molecule has 2 nitrogen and oxygen atoms in total. The molecule has 0 N–H and O–H groups in total. The molecular formula is C21H32BrNO. The van der Waals surface area contributed by atoms with E-state index in [1.54, 1.807) is 0 Å². The summed E-state index contributed by atoms with van der Waals surface area (Å²) in [5.41, 5.74) is 1.59. The molecule has 0 bridgehead atoms. The highest BCUT2D eigenvalue weighted by atomic mass is 79.9. The third kappa shape index (κ3) is 6.34. The van der Waals surface area contributed by atoms with Gasteiger partial charge in [0.2, 0.25) is 0 Å². The number of nitrogens with zero attached hydrogens (tertiary/aromatic N) is 1. The third-order valence-electron chi connectivity index (χ3n) is 5.03. The summed E-state index contributed by atoms with van der Waals surface area (Å²) in [6.45, 7) is 8.14. The molecule has 1 fully saturated rings. The average molecular weight is 394 g/mol. The smallest absolute Gasteiger partial charge is 0.0685 e. The minimum atomic E-state index is 0.154. The molecule has 3 heteroatoms. The predicted molar refractivity (Wildman–Crippen MR) is 106 cm³/mol. The molecule has 2 rings (SSSR count). The van der Waals surface area contributed by atoms with Gasteiger partial charge in [0.1, 0.15) is 0 Å². The van der Waals surface area contributed by atoms with Crippen LogP contribution in [0.2, 0.25) is 0 Å². The Morgan fingerprint density at radius 3 is 2.67 bits per heavy atom. The van der Waals surface area contributed by atoms with E-state index in [4.69, 9.17) is 4.84 Å². The summed E-state index contributed by atoms with van der Waals surface area (Å²) in [7, 11) is 0. The minimum Gasteiger partial charge on any atom is -0.298 e. The van der Waals surface area contributed by atoms with Crippen LogP contribution in [0.25, 0.3) is 0 Å². The molecular weight excluding hydrogens is 362 g/mol. The van der Waals surface area contributed by atoms with Crippen LogP contribution in [0.4, 0.5) is 0 Å². The Balaban J connectivity index is 1.57. The Morgan fingerprint density at radius 1 is 1.17 bits per heavy atom. The normalized spacial score (nSPS) is 21.8. The highest BCUT2D eigenvalue weighted by Gasteiger charge is 2.34. The SMILES string of the molecule is C=CCC1(C)CCCCN1OCCCCCCc1ccc(Br)cc1. The number of hydrogen-bond acceptors (Lipinski definition) is 2. The lowest BCUT2D eigenvalue weighted by Crippen LogP contribution is -2.49. The number of hydroxylamine groups is 2. The van der Waals surface area contributed by atoms with Crippen LogP contribution in [0.15, 0.2) is 41.4 Å². The Morgan fingerprint density at radius 2 is 1.92 bits per heavy atom. The lowest BCUT2D eigenvalue weighted by atomic mass is 9.87. The van der Waals surface area contributed by atoms with Crippen molar-refractivity contribution in [3.05, 3.63) is 47.0 Å². The first-order chi connectivity index (χ1) is 11.6. The van der Waals surface area contributed by atoms with Crippen LogP contribution >= 0.6 is 15.9 Å². The molecule has 1 saturated heterocycles. The first-order valence-corrected chi connectivity index (χ1v) is 10.2. The van der Waals surface area contributed by atoms with E-state index in [9.17, 15) is 0 Å². The first kappa shape index (κ1) is 19.7. The molecule has 0 spiro atoms. The van der Waals surface area contributed by atoms with Crippen LogP contribution in [0.1, 0.15) is 63.9 Å². The largest absolute Gasteiger partial charge is 0.298 e. The van der Waals surface area contributed by atoms with Gasteiger partial charge in [-0.15, -0.1) is 6.58 Å². The molecule has 0 saturated carbocycles. The van der Waals surface area contributed by atoms with Crippen LogP contribution in [-0.4, -0.2) is 23.8 Å². The van der Waals surface area contributed by atoms with Crippen molar-refractivity contribution in [2.24, 2.45) is 0 Å². The van der Waals surface area contributed by atoms with Crippen molar-refractivity contribution >= 4 is 15.9 Å². The van der Waals surface area contributed by atoms with E-state index in [0.717, 1.165) is 30.5 Å². The zero-order chi connectivity index (χ0) is 17.3. The number of unbranched alkanes of at least 4 members (excludes halogenated alkanes) is 3. The molecule has 0 amide bonds. The van der Waals surface area contributed by atoms with E-state index in [2.05, 4.69) is 58.8 Å². The van der Waals surface area contributed by atoms with Crippen molar-refractivity contribution in [1.82, 2.24) is 5.06 Å². The number of piperidine rings is 1. The van der Waals surface area contributed by atoms with Crippen LogP contribution in [0, 0.1) is 0 Å². The van der Waals surface area contributed by atoms with Gasteiger partial charge in [0.05, 0.1) is 6.61 Å². The minimum absolute atomic E-state index is 0.154. The van der Waals surface area contributed by atoms with Crippen LogP contribution in [0.5, 0.6) is 0 Å². The summed E-state index contributed by atoms with van der Waals surface area (Å²) < 4.78 is 1.16. The fourth-order valence-corrected chi connectivity index (χ4v) is 3.77. The molecule has 0 aromatic heterocycles. The number of rotatable bonds is 10. The van der Waals surface area contributed by atoms with Crippen molar-refractivity contribution in [2.75, 3.05) is 13.2 Å². The second-order valence-electron chi connectivity index (χ2n) is 7.17. The Labute approximate surface area is 156 Å². The van der Waals surface area contributed by atoms with Gasteiger partial charge >= 0.3 is 0 Å². The van der Waals surface area contributed by atoms with Crippen molar-refractivity contribution in [1.29, 1.82) is 0 Å². The molecule has 1 unspecified atom stereocenters. The average Bonchev–Trinajstić information content (AvgIpc) is 2.57. The topological polar surface area (TPSA) is 12.5 Å². The second kappa shape index (κ2) is 10.4. The summed E-state index contributed by atoms with van der Waals surface area (Å²) >= 11 is 3.48. The van der Waals surface area contributed by atoms with Gasteiger partial charge in [0.25, 0.3) is 0 Å². The Hall–Kier alpha value is -0.640. The number of benzene rings is 1. The van der Waals surface area contributed by atoms with E-state index in [-0.39, 0.29) is 5.54 Å². The van der Waals surface area contributed by atoms with Crippen molar-refractivity contribution in [3.8, 4) is 0 Å². The maximum Gasteiger partial charge on any atom is 0.0685 e. The van der Waals surface area contributed by atoms with Crippen LogP contribution in [0.3, 0.4) is 0 Å². The summed E-state index contributed by atoms with van der Waals surface area (Å²) in [5.74, 6) is 0. The van der Waals surface area contributed by atoms with Crippen molar-refractivity contribution < 1.29 is 4.84 Å². The molecule has 1 aromatic rings. The van der Waals surface area contributed by atoms with Gasteiger partial charge in [-0.25, -0.2) is 0 Å². The lowest BCUT2D eigenvalue weighted by molar-refractivity contribution is -0.231. The predicted octanol–water partition coefficient (Wildman–Crippen LogP) is 6.30. The standard InChI is InChI=1S/C21H32BrNO/c1-3-15-21(2)16-7-8-17-23(21)24-18-9-5-4-6-10-19-11-13-20(22)14-12-19/h3,11-14H,1,4-10,15-18H2,2H3. The number of hydrogen-bond donors (Lipinski definition) is 0. The third-order valence-corrected chi connectivity index (χ3v) is 5.56. The summed E-state index contributed by atoms with van der Waals surface area (Å²) in [6, 6.07) is 8.68. The lowest BCUT2D eigenvalue weighted by Gasteiger charge is -2.43. The zero-order valence-electron chi connectivity index (χ0n) is 15.1. The highest BCUT2D eigenvalue weighted by molar-refractivity contribution is 9.10. The molecule has 1 aliphatic heterocycles. The van der Waals surface area contributed by atoms with E-state index in [0.29, 0.717) is 0 Å². The van der Waals surface area contributed by atoms with E-state index in [1.165, 1.54) is 50.5 Å². The van der Waals surface area contributed by atoms with Crippen molar-refractivity contribution in [2.45, 2.75) is 70.3 Å². The van der Waals surface area contributed by atoms with Gasteiger partial charge in [-0.3, -0.25) is 4.84 Å². The molecule has 1 atom stereocenters. The Bertz CT molecular complexity index is 487. The van der Waals surface area contributed by atoms with Gasteiger partial charge in [-0.1, -0.05) is 53.4 Å². The molecule has 1 aromatic carbocycles. The van der Waals surface area contributed by atoms with Gasteiger partial charge in [0.15, 0.2) is 0 Å². The Kier molecular flexibility index (Phi) is 8.51. The molecule has 0 aliphatic carbocycles. The number of halogens is 1. The van der Waals surface area contributed by atoms with E-state index in [1.807, 2.05) is 6.08 Å². The van der Waals surface area contributed by atoms with Gasteiger partial charge in [0, 0.05) is 16.6 Å². The quantitative estimate of drug-likeness (QED) is 0.341. The van der Waals surface area contributed by atoms with E-state index < -0.39 is 0 Å². The van der Waals surface area contributed by atoms with E-state index >= 15 is 0 Å². The van der Waals surface area contributed by atoms with Gasteiger partial charge in [-0.05, 0) is 63.1 Å². The fraction of sp³-hybridized carbons (Fsp3) is 0.619. The highest BCUT2D eigenvalue weighted by Crippen LogP contribution is 2.31. The maximum atomic E-state index is 6.11. The van der Waals surface area contributed by atoms with Crippen LogP contribution in [-0.2, 0) is 11.3 Å². The molecule has 1 aliphatic rings. The first-order valence-electron chi connectivity index (χ1n) is 9.40. The van der Waals surface area contributed by atoms with Crippen molar-refractivity contribution in [3.63, 3.8) is 0 Å². The molecule has 134 valence electrons. The maximum absolute atomic E-state index is 6.11. The summed E-state index contributed by atoms with van der Waals surface area (Å²) in [6.07, 6.45) is 12.9. The zero-order valence-corrected chi connectivity index (χ0v) is 16.7. The molecule has 0 radical (unpaired) electrons. The molecule has 24 heavy (non-hydrogen) atoms. The number of aryl methyl sites for hydroxylation is 1. The van der Waals surface area contributed by atoms with Gasteiger partial charge in [-0.2, -0.15) is 5.06 Å². The summed E-state index contributed by atoms with van der Waals surface area (Å²) in [4.78, 5) is 6.11. The second-order valence-corrected chi connectivity index (χ2v) is 8.09.